The van der Waals surface area contributed by atoms with Crippen molar-refractivity contribution in [1.29, 1.82) is 0 Å². The molecule has 2 unspecified atom stereocenters. The number of aromatic hydroxyl groups is 1. The molecule has 2 aliphatic carbocycles. The van der Waals surface area contributed by atoms with Gasteiger partial charge in [-0.05, 0) is 66.3 Å². The summed E-state index contributed by atoms with van der Waals surface area (Å²) in [5.41, 5.74) is 7.08. The molecule has 3 N–H and O–H groups in total. The third-order valence-electron chi connectivity index (χ3n) is 7.92. The first kappa shape index (κ1) is 27.9. The average Bonchev–Trinajstić information content (AvgIpc) is 2.99. The number of para-hydroxylation sites is 1. The summed E-state index contributed by atoms with van der Waals surface area (Å²) in [4.78, 5) is 29.1. The van der Waals surface area contributed by atoms with Crippen LogP contribution >= 0.6 is 0 Å². The molecule has 2 atom stereocenters. The number of benzene rings is 4. The first-order valence-electron chi connectivity index (χ1n) is 14.4. The van der Waals surface area contributed by atoms with Crippen molar-refractivity contribution in [3.8, 4) is 22.8 Å². The third kappa shape index (κ3) is 5.64. The Kier molecular flexibility index (Phi) is 7.50. The van der Waals surface area contributed by atoms with Crippen molar-refractivity contribution in [2.24, 2.45) is 11.0 Å². The van der Waals surface area contributed by atoms with Crippen molar-refractivity contribution >= 4 is 40.8 Å². The van der Waals surface area contributed by atoms with E-state index < -0.39 is 0 Å². The van der Waals surface area contributed by atoms with Crippen molar-refractivity contribution in [3.05, 3.63) is 100 Å². The molecule has 0 bridgehead atoms. The summed E-state index contributed by atoms with van der Waals surface area (Å²) in [5, 5.41) is 22.4. The molecule has 0 saturated heterocycles. The van der Waals surface area contributed by atoms with E-state index in [4.69, 9.17) is 4.98 Å². The predicted molar refractivity (Wildman–Crippen MR) is 169 cm³/mol. The van der Waals surface area contributed by atoms with Gasteiger partial charge in [0.2, 0.25) is 5.91 Å². The summed E-state index contributed by atoms with van der Waals surface area (Å²) in [5.74, 6) is 0.0743. The van der Waals surface area contributed by atoms with Crippen molar-refractivity contribution < 1.29 is 14.7 Å². The lowest BCUT2D eigenvalue weighted by molar-refractivity contribution is -0.125. The van der Waals surface area contributed by atoms with Crippen LogP contribution < -0.4 is 26.7 Å². The fraction of sp³-hybridized carbons (Fsp3) is 0.200. The second-order valence-corrected chi connectivity index (χ2v) is 11.1. The lowest BCUT2D eigenvalue weighted by Crippen LogP contribution is -2.45. The quantitative estimate of drug-likeness (QED) is 0.202. The van der Waals surface area contributed by atoms with Gasteiger partial charge in [-0.1, -0.05) is 62.0 Å². The highest BCUT2D eigenvalue weighted by molar-refractivity contribution is 5.96. The van der Waals surface area contributed by atoms with Crippen LogP contribution in [0, 0.1) is 5.92 Å². The van der Waals surface area contributed by atoms with Crippen LogP contribution in [-0.4, -0.2) is 32.4 Å². The normalized spacial score (nSPS) is 16.5. The molecule has 43 heavy (non-hydrogen) atoms. The average molecular weight is 572 g/mol. The monoisotopic (exact) mass is 571 g/mol. The van der Waals surface area contributed by atoms with Gasteiger partial charge in [0, 0.05) is 23.9 Å². The fourth-order valence-electron chi connectivity index (χ4n) is 5.61. The minimum absolute atomic E-state index is 0.00471. The topological polar surface area (TPSA) is 109 Å². The number of carbonyl (C=O) groups excluding carboxylic acids is 2. The van der Waals surface area contributed by atoms with E-state index in [0.29, 0.717) is 22.7 Å². The lowest BCUT2D eigenvalue weighted by atomic mass is 9.90. The molecule has 216 valence electrons. The number of Topliss-reactive ketones (excluding diaryl/α,β-unsaturated/α-hetero) is 1. The van der Waals surface area contributed by atoms with Crippen LogP contribution in [0.15, 0.2) is 84.0 Å². The summed E-state index contributed by atoms with van der Waals surface area (Å²) in [6.07, 6.45) is 3.14. The van der Waals surface area contributed by atoms with Gasteiger partial charge in [-0.15, -0.1) is 0 Å². The molecule has 1 aliphatic heterocycles. The largest absolute Gasteiger partial charge is 0.506 e. The van der Waals surface area contributed by atoms with Crippen molar-refractivity contribution in [3.63, 3.8) is 0 Å². The SMILES string of the molecule is C=c1cc2nc3c(n(-c4ccccc4)c-2cc1=NNc1c(O)ccc2ccccc12)=CC(NC(=O)CCC(C)=O)C(C)C3. The summed E-state index contributed by atoms with van der Waals surface area (Å²) in [6, 6.07) is 25.0. The number of phenols is 1. The van der Waals surface area contributed by atoms with Crippen LogP contribution in [0.2, 0.25) is 0 Å². The summed E-state index contributed by atoms with van der Waals surface area (Å²) >= 11 is 0. The number of hydrogen-bond donors (Lipinski definition) is 3. The fourth-order valence-corrected chi connectivity index (χ4v) is 5.61. The number of anilines is 1. The van der Waals surface area contributed by atoms with Gasteiger partial charge in [0.1, 0.15) is 17.2 Å². The summed E-state index contributed by atoms with van der Waals surface area (Å²) < 4.78 is 2.14. The standard InChI is InChI=1S/C35H33N5O3/c1-21-17-29-31(19-27(21)37-34(43)16-13-23(3)41)40(25-10-5-4-6-11-25)32-20-28(22(2)18-30(32)36-29)38-39-35-26-12-8-7-9-24(26)14-15-33(35)42/h4-12,14-15,18-21,27,39,42H,2,13,16-17H2,1,3H3,(H,37,43). The number of phenolic OH excluding ortho intramolecular Hbond substituents is 1. The molecule has 1 amide bonds. The van der Waals surface area contributed by atoms with Crippen LogP contribution in [-0.2, 0) is 16.0 Å². The van der Waals surface area contributed by atoms with Crippen LogP contribution in [0.25, 0.3) is 40.5 Å². The number of rotatable bonds is 7. The molecule has 0 saturated carbocycles. The van der Waals surface area contributed by atoms with Crippen LogP contribution in [0.3, 0.4) is 0 Å². The van der Waals surface area contributed by atoms with E-state index in [1.807, 2.05) is 72.8 Å². The van der Waals surface area contributed by atoms with Gasteiger partial charge >= 0.3 is 0 Å². The molecule has 3 aliphatic rings. The third-order valence-corrected chi connectivity index (χ3v) is 7.92. The van der Waals surface area contributed by atoms with E-state index in [0.717, 1.165) is 38.9 Å². The van der Waals surface area contributed by atoms with Crippen molar-refractivity contribution in [2.75, 3.05) is 5.43 Å². The molecule has 1 heterocycles. The molecular formula is C35H33N5O3. The van der Waals surface area contributed by atoms with Crippen molar-refractivity contribution in [2.45, 2.75) is 39.2 Å². The summed E-state index contributed by atoms with van der Waals surface area (Å²) in [7, 11) is 0. The number of ketones is 1. The number of aromatic nitrogens is 2. The highest BCUT2D eigenvalue weighted by Gasteiger charge is 2.26. The zero-order valence-corrected chi connectivity index (χ0v) is 24.2. The maximum Gasteiger partial charge on any atom is 0.220 e. The summed E-state index contributed by atoms with van der Waals surface area (Å²) in [6.45, 7) is 7.84. The molecule has 0 spiro atoms. The van der Waals surface area contributed by atoms with Crippen molar-refractivity contribution in [1.82, 2.24) is 14.9 Å². The lowest BCUT2D eigenvalue weighted by Gasteiger charge is -2.29. The van der Waals surface area contributed by atoms with E-state index in [1.54, 1.807) is 6.07 Å². The van der Waals surface area contributed by atoms with E-state index in [1.165, 1.54) is 6.92 Å². The number of amides is 1. The van der Waals surface area contributed by atoms with Gasteiger partial charge in [0.05, 0.1) is 33.8 Å². The number of carbonyl (C=O) groups is 2. The zero-order chi connectivity index (χ0) is 30.1. The van der Waals surface area contributed by atoms with Gasteiger partial charge in [-0.2, -0.15) is 5.10 Å². The number of fused-ring (bicyclic) bond motifs is 3. The highest BCUT2D eigenvalue weighted by Crippen LogP contribution is 2.32. The Labute approximate surface area is 249 Å². The Morgan fingerprint density at radius 3 is 2.60 bits per heavy atom. The first-order chi connectivity index (χ1) is 20.8. The van der Waals surface area contributed by atoms with E-state index in [9.17, 15) is 14.7 Å². The van der Waals surface area contributed by atoms with E-state index >= 15 is 0 Å². The molecular weight excluding hydrogens is 538 g/mol. The minimum Gasteiger partial charge on any atom is -0.506 e. The molecule has 8 nitrogen and oxygen atoms in total. The molecule has 0 aromatic heterocycles. The van der Waals surface area contributed by atoms with Gasteiger partial charge < -0.3 is 19.8 Å². The second-order valence-electron chi connectivity index (χ2n) is 11.1. The number of hydrogen-bond acceptors (Lipinski definition) is 6. The predicted octanol–water partition coefficient (Wildman–Crippen LogP) is 4.00. The molecule has 3 aromatic rings. The van der Waals surface area contributed by atoms with Gasteiger partial charge in [-0.3, -0.25) is 10.2 Å². The highest BCUT2D eigenvalue weighted by atomic mass is 16.3. The van der Waals surface area contributed by atoms with Gasteiger partial charge in [-0.25, -0.2) is 4.98 Å². The Morgan fingerprint density at radius 1 is 1.05 bits per heavy atom. The Balaban J connectivity index is 1.50. The van der Waals surface area contributed by atoms with Crippen LogP contribution in [0.1, 0.15) is 32.4 Å². The molecule has 0 fully saturated rings. The molecule has 8 heteroatoms. The minimum atomic E-state index is -0.214. The Bertz CT molecular complexity index is 2020. The zero-order valence-electron chi connectivity index (χ0n) is 24.2. The molecule has 0 radical (unpaired) electrons. The van der Waals surface area contributed by atoms with Gasteiger partial charge in [0.25, 0.3) is 0 Å². The van der Waals surface area contributed by atoms with E-state index in [-0.39, 0.29) is 42.2 Å². The van der Waals surface area contributed by atoms with Crippen LogP contribution in [0.5, 0.6) is 5.75 Å². The van der Waals surface area contributed by atoms with Gasteiger partial charge in [0.15, 0.2) is 0 Å². The number of nitrogens with zero attached hydrogens (tertiary/aromatic N) is 3. The Morgan fingerprint density at radius 2 is 1.81 bits per heavy atom. The first-order valence-corrected chi connectivity index (χ1v) is 14.4. The molecule has 6 rings (SSSR count). The maximum absolute atomic E-state index is 12.7. The smallest absolute Gasteiger partial charge is 0.220 e. The number of nitrogens with one attached hydrogen (secondary N) is 2. The second kappa shape index (κ2) is 11.6. The molecule has 3 aromatic carbocycles. The maximum atomic E-state index is 12.7. The Hall–Kier alpha value is -5.24. The van der Waals surface area contributed by atoms with E-state index in [2.05, 4.69) is 40.0 Å². The van der Waals surface area contributed by atoms with Crippen LogP contribution in [0.4, 0.5) is 5.69 Å².